The molecule has 7 heteroatoms. The second-order valence-corrected chi connectivity index (χ2v) is 9.48. The van der Waals surface area contributed by atoms with Gasteiger partial charge >= 0.3 is 6.03 Å². The second kappa shape index (κ2) is 10.5. The van der Waals surface area contributed by atoms with E-state index in [2.05, 4.69) is 40.6 Å². The molecular formula is C29H29FN4O2. The summed E-state index contributed by atoms with van der Waals surface area (Å²) in [7, 11) is 0. The quantitative estimate of drug-likeness (QED) is 0.557. The van der Waals surface area contributed by atoms with Crippen LogP contribution in [0.3, 0.4) is 0 Å². The van der Waals surface area contributed by atoms with Crippen molar-refractivity contribution >= 4 is 11.7 Å². The van der Waals surface area contributed by atoms with Gasteiger partial charge in [0, 0.05) is 36.8 Å². The Balaban J connectivity index is 1.33. The molecule has 0 spiro atoms. The first-order valence-electron chi connectivity index (χ1n) is 12.4. The third-order valence-corrected chi connectivity index (χ3v) is 7.40. The zero-order chi connectivity index (χ0) is 25.1. The molecule has 0 aliphatic carbocycles. The lowest BCUT2D eigenvalue weighted by Gasteiger charge is -2.57. The normalized spacial score (nSPS) is 21.9. The molecule has 36 heavy (non-hydrogen) atoms. The van der Waals surface area contributed by atoms with Gasteiger partial charge in [0.05, 0.1) is 18.2 Å². The smallest absolute Gasteiger partial charge is 0.321 e. The summed E-state index contributed by atoms with van der Waals surface area (Å²) in [6.45, 7) is 2.19. The highest BCUT2D eigenvalue weighted by molar-refractivity contribution is 5.89. The topological polar surface area (TPSA) is 79.6 Å². The minimum absolute atomic E-state index is 0.0240. The number of fused-ring (bicyclic) bond motifs is 1. The molecule has 2 heterocycles. The largest absolute Gasteiger partial charge is 0.395 e. The Kier molecular flexibility index (Phi) is 6.99. The number of benzene rings is 3. The van der Waals surface area contributed by atoms with Crippen LogP contribution >= 0.6 is 0 Å². The van der Waals surface area contributed by atoms with Gasteiger partial charge in [-0.3, -0.25) is 4.90 Å². The van der Waals surface area contributed by atoms with Gasteiger partial charge in [0.1, 0.15) is 5.82 Å². The Labute approximate surface area is 210 Å². The fourth-order valence-corrected chi connectivity index (χ4v) is 5.50. The zero-order valence-corrected chi connectivity index (χ0v) is 20.0. The van der Waals surface area contributed by atoms with Gasteiger partial charge in [-0.1, -0.05) is 36.4 Å². The Hall–Kier alpha value is -3.73. The number of nitrogens with zero attached hydrogens (tertiary/aromatic N) is 3. The summed E-state index contributed by atoms with van der Waals surface area (Å²) in [5, 5.41) is 22.1. The number of urea groups is 1. The summed E-state index contributed by atoms with van der Waals surface area (Å²) in [6.07, 6.45) is 1.85. The molecule has 3 aromatic carbocycles. The Morgan fingerprint density at radius 2 is 1.61 bits per heavy atom. The van der Waals surface area contributed by atoms with Crippen LogP contribution in [0.1, 0.15) is 29.9 Å². The highest BCUT2D eigenvalue weighted by Gasteiger charge is 2.49. The van der Waals surface area contributed by atoms with Crippen molar-refractivity contribution < 1.29 is 14.3 Å². The van der Waals surface area contributed by atoms with Crippen LogP contribution < -0.4 is 5.32 Å². The minimum Gasteiger partial charge on any atom is -0.395 e. The number of nitrogens with one attached hydrogen (secondary N) is 1. The molecule has 2 amide bonds. The van der Waals surface area contributed by atoms with Crippen molar-refractivity contribution in [1.29, 1.82) is 5.26 Å². The second-order valence-electron chi connectivity index (χ2n) is 9.48. The summed E-state index contributed by atoms with van der Waals surface area (Å²) in [4.78, 5) is 17.2. The number of anilines is 1. The Morgan fingerprint density at radius 3 is 2.25 bits per heavy atom. The van der Waals surface area contributed by atoms with Crippen molar-refractivity contribution in [3.05, 3.63) is 89.7 Å². The minimum atomic E-state index is -0.340. The van der Waals surface area contributed by atoms with Crippen LogP contribution in [0.15, 0.2) is 72.8 Å². The number of aliphatic hydroxyl groups is 1. The first kappa shape index (κ1) is 24.0. The van der Waals surface area contributed by atoms with Crippen molar-refractivity contribution in [2.75, 3.05) is 31.6 Å². The molecule has 2 aliphatic rings. The van der Waals surface area contributed by atoms with Gasteiger partial charge in [0.25, 0.3) is 0 Å². The predicted molar refractivity (Wildman–Crippen MR) is 137 cm³/mol. The summed E-state index contributed by atoms with van der Waals surface area (Å²) in [5.41, 5.74) is 4.46. The molecule has 184 valence electrons. The van der Waals surface area contributed by atoms with Gasteiger partial charge in [0.2, 0.25) is 0 Å². The van der Waals surface area contributed by atoms with Crippen LogP contribution in [0.5, 0.6) is 0 Å². The van der Waals surface area contributed by atoms with E-state index in [-0.39, 0.29) is 36.5 Å². The summed E-state index contributed by atoms with van der Waals surface area (Å²) in [6, 6.07) is 23.8. The first-order valence-corrected chi connectivity index (χ1v) is 12.4. The average molecular weight is 485 g/mol. The van der Waals surface area contributed by atoms with E-state index in [1.54, 1.807) is 12.1 Å². The third-order valence-electron chi connectivity index (χ3n) is 7.40. The number of hydrogen-bond donors (Lipinski definition) is 2. The Morgan fingerprint density at radius 1 is 0.972 bits per heavy atom. The lowest BCUT2D eigenvalue weighted by Crippen LogP contribution is -2.68. The molecule has 2 N–H and O–H groups in total. The van der Waals surface area contributed by atoms with E-state index in [9.17, 15) is 14.3 Å². The zero-order valence-electron chi connectivity index (χ0n) is 20.0. The molecule has 2 saturated heterocycles. The van der Waals surface area contributed by atoms with Crippen LogP contribution in [-0.2, 0) is 0 Å². The van der Waals surface area contributed by atoms with Gasteiger partial charge in [-0.05, 0) is 72.5 Å². The molecule has 0 bridgehead atoms. The van der Waals surface area contributed by atoms with Gasteiger partial charge in [-0.2, -0.15) is 5.26 Å². The SMILES string of the molecule is N#Cc1ccc(-c2ccc([C@H]3[C@H](CO)N4CCCCN(C(=O)Nc5ccc(F)cc5)C[C@@H]34)cc2)cc1. The number of amides is 2. The number of hydrogen-bond acceptors (Lipinski definition) is 4. The monoisotopic (exact) mass is 484 g/mol. The maximum atomic E-state index is 13.2. The van der Waals surface area contributed by atoms with E-state index in [1.165, 1.54) is 12.1 Å². The molecule has 0 saturated carbocycles. The number of aliphatic hydroxyl groups excluding tert-OH is 1. The van der Waals surface area contributed by atoms with Crippen LogP contribution in [0, 0.1) is 17.1 Å². The maximum Gasteiger partial charge on any atom is 0.321 e. The molecule has 0 radical (unpaired) electrons. The molecule has 5 rings (SSSR count). The molecule has 2 aliphatic heterocycles. The molecular weight excluding hydrogens is 455 g/mol. The third kappa shape index (κ3) is 4.83. The average Bonchev–Trinajstić information content (AvgIpc) is 2.89. The van der Waals surface area contributed by atoms with Crippen molar-refractivity contribution in [2.45, 2.75) is 30.8 Å². The van der Waals surface area contributed by atoms with Gasteiger partial charge in [0.15, 0.2) is 0 Å². The number of carbonyl (C=O) groups excluding carboxylic acids is 1. The molecule has 0 aromatic heterocycles. The van der Waals surface area contributed by atoms with Crippen LogP contribution in [0.4, 0.5) is 14.9 Å². The summed E-state index contributed by atoms with van der Waals surface area (Å²) < 4.78 is 13.2. The van der Waals surface area contributed by atoms with Crippen LogP contribution in [-0.4, -0.2) is 59.3 Å². The van der Waals surface area contributed by atoms with Crippen molar-refractivity contribution in [1.82, 2.24) is 9.80 Å². The molecule has 6 nitrogen and oxygen atoms in total. The summed E-state index contributed by atoms with van der Waals surface area (Å²) >= 11 is 0. The van der Waals surface area contributed by atoms with E-state index in [0.29, 0.717) is 24.3 Å². The van der Waals surface area contributed by atoms with Crippen LogP contribution in [0.25, 0.3) is 11.1 Å². The van der Waals surface area contributed by atoms with E-state index in [1.807, 2.05) is 29.2 Å². The fraction of sp³-hybridized carbons (Fsp3) is 0.310. The standard InChI is InChI=1S/C29H29FN4O2/c30-24-11-13-25(14-12-24)32-29(36)33-15-1-2-16-34-26(18-33)28(27(34)19-35)23-9-7-22(8-10-23)21-5-3-20(17-31)4-6-21/h3-14,26-28,35H,1-2,15-16,18-19H2,(H,32,36)/t26-,27-,28+/m0/s1. The van der Waals surface area contributed by atoms with Crippen molar-refractivity contribution in [2.24, 2.45) is 0 Å². The van der Waals surface area contributed by atoms with Gasteiger partial charge in [-0.25, -0.2) is 9.18 Å². The van der Waals surface area contributed by atoms with E-state index in [4.69, 9.17) is 5.26 Å². The van der Waals surface area contributed by atoms with Crippen molar-refractivity contribution in [3.63, 3.8) is 0 Å². The summed E-state index contributed by atoms with van der Waals surface area (Å²) in [5.74, 6) is -0.225. The number of rotatable bonds is 4. The van der Waals surface area contributed by atoms with Crippen molar-refractivity contribution in [3.8, 4) is 17.2 Å². The Bertz CT molecular complexity index is 1240. The van der Waals surface area contributed by atoms with E-state index >= 15 is 0 Å². The maximum absolute atomic E-state index is 13.2. The van der Waals surface area contributed by atoms with Gasteiger partial charge < -0.3 is 15.3 Å². The van der Waals surface area contributed by atoms with E-state index < -0.39 is 0 Å². The van der Waals surface area contributed by atoms with E-state index in [0.717, 1.165) is 36.1 Å². The first-order chi connectivity index (χ1) is 17.6. The molecule has 3 aromatic rings. The molecule has 3 atom stereocenters. The predicted octanol–water partition coefficient (Wildman–Crippen LogP) is 4.82. The molecule has 0 unspecified atom stereocenters. The highest BCUT2D eigenvalue weighted by atomic mass is 19.1. The van der Waals surface area contributed by atoms with Gasteiger partial charge in [-0.15, -0.1) is 0 Å². The number of halogens is 1. The number of nitriles is 1. The van der Waals surface area contributed by atoms with Crippen LogP contribution in [0.2, 0.25) is 0 Å². The lowest BCUT2D eigenvalue weighted by molar-refractivity contribution is -0.0585. The number of carbonyl (C=O) groups is 1. The lowest BCUT2D eigenvalue weighted by atomic mass is 9.74. The highest BCUT2D eigenvalue weighted by Crippen LogP contribution is 2.42. The molecule has 2 fully saturated rings. The fourth-order valence-electron chi connectivity index (χ4n) is 5.50.